The molecule has 0 saturated carbocycles. The second-order valence-electron chi connectivity index (χ2n) is 15.4. The molecule has 0 spiro atoms. The highest BCUT2D eigenvalue weighted by Crippen LogP contribution is 2.26. The minimum absolute atomic E-state index is 0.492. The summed E-state index contributed by atoms with van der Waals surface area (Å²) in [5.41, 5.74) is 5.75. The molecular weight excluding hydrogens is 639 g/mol. The Morgan fingerprint density at radius 3 is 2.02 bits per heavy atom. The van der Waals surface area contributed by atoms with Crippen LogP contribution in [0.15, 0.2) is 115 Å². The van der Waals surface area contributed by atoms with Crippen LogP contribution >= 0.6 is 0 Å². The zero-order valence-corrected chi connectivity index (χ0v) is 31.5. The maximum atomic E-state index is 5.71. The van der Waals surface area contributed by atoms with Crippen LogP contribution in [0.3, 0.4) is 0 Å². The SMILES string of the molecule is CCOc1ccc(CCN2CCN([C@@H](Cc3ccccc3)CN3CCCC3CN3CCNC[C@@H]3Cc3ccccc3)C[C@@H]2Cc2ccccc2)cc1. The van der Waals surface area contributed by atoms with Crippen molar-refractivity contribution in [2.75, 3.05) is 72.1 Å². The smallest absolute Gasteiger partial charge is 0.119 e. The summed E-state index contributed by atoms with van der Waals surface area (Å²) in [6, 6.07) is 44.5. The molecule has 0 amide bonds. The van der Waals surface area contributed by atoms with E-state index in [1.165, 1.54) is 48.2 Å². The lowest BCUT2D eigenvalue weighted by atomic mass is 9.97. The third kappa shape index (κ3) is 10.3. The molecule has 6 nitrogen and oxygen atoms in total. The van der Waals surface area contributed by atoms with Crippen molar-refractivity contribution in [1.29, 1.82) is 0 Å². The molecule has 0 aromatic heterocycles. The lowest BCUT2D eigenvalue weighted by Gasteiger charge is -2.46. The molecule has 4 aromatic rings. The zero-order chi connectivity index (χ0) is 35.4. The number of piperazine rings is 2. The second-order valence-corrected chi connectivity index (χ2v) is 15.4. The average molecular weight is 700 g/mol. The fraction of sp³-hybridized carbons (Fsp3) is 0.478. The number of hydrogen-bond acceptors (Lipinski definition) is 6. The van der Waals surface area contributed by atoms with E-state index in [1.807, 2.05) is 6.92 Å². The fourth-order valence-corrected chi connectivity index (χ4v) is 9.02. The molecule has 3 heterocycles. The maximum absolute atomic E-state index is 5.71. The first kappa shape index (κ1) is 36.8. The van der Waals surface area contributed by atoms with Crippen LogP contribution in [0.5, 0.6) is 5.75 Å². The molecule has 3 aliphatic heterocycles. The maximum Gasteiger partial charge on any atom is 0.119 e. The number of nitrogens with zero attached hydrogens (tertiary/aromatic N) is 4. The number of rotatable bonds is 16. The quantitative estimate of drug-likeness (QED) is 0.145. The Morgan fingerprint density at radius 1 is 0.654 bits per heavy atom. The Hall–Kier alpha value is -3.52. The van der Waals surface area contributed by atoms with E-state index in [2.05, 4.69) is 140 Å². The van der Waals surface area contributed by atoms with E-state index in [0.717, 1.165) is 83.8 Å². The van der Waals surface area contributed by atoms with Crippen molar-refractivity contribution in [3.05, 3.63) is 138 Å². The fourth-order valence-electron chi connectivity index (χ4n) is 9.02. The predicted octanol–water partition coefficient (Wildman–Crippen LogP) is 6.45. The second kappa shape index (κ2) is 19.0. The molecule has 1 unspecified atom stereocenters. The van der Waals surface area contributed by atoms with Crippen LogP contribution in [-0.4, -0.2) is 116 Å². The van der Waals surface area contributed by atoms with Crippen LogP contribution in [0.1, 0.15) is 42.0 Å². The molecule has 4 atom stereocenters. The summed E-state index contributed by atoms with van der Waals surface area (Å²) in [6.07, 6.45) is 7.03. The lowest BCUT2D eigenvalue weighted by Crippen LogP contribution is -2.60. The van der Waals surface area contributed by atoms with Crippen LogP contribution in [0.2, 0.25) is 0 Å². The molecule has 0 aliphatic carbocycles. The van der Waals surface area contributed by atoms with Crippen molar-refractivity contribution in [2.24, 2.45) is 0 Å². The van der Waals surface area contributed by atoms with Crippen molar-refractivity contribution in [3.8, 4) is 5.75 Å². The number of hydrogen-bond donors (Lipinski definition) is 1. The van der Waals surface area contributed by atoms with Gasteiger partial charge >= 0.3 is 0 Å². The van der Waals surface area contributed by atoms with E-state index >= 15 is 0 Å². The van der Waals surface area contributed by atoms with Crippen LogP contribution in [0.4, 0.5) is 0 Å². The van der Waals surface area contributed by atoms with Gasteiger partial charge in [-0.3, -0.25) is 19.6 Å². The normalized spacial score (nSPS) is 22.8. The molecule has 3 aliphatic rings. The monoisotopic (exact) mass is 699 g/mol. The number of ether oxygens (including phenoxy) is 1. The minimum atomic E-state index is 0.492. The number of nitrogens with one attached hydrogen (secondary N) is 1. The van der Waals surface area contributed by atoms with Crippen molar-refractivity contribution in [1.82, 2.24) is 24.9 Å². The van der Waals surface area contributed by atoms with Gasteiger partial charge in [-0.05, 0) is 86.4 Å². The Bertz CT molecular complexity index is 1590. The van der Waals surface area contributed by atoms with E-state index in [-0.39, 0.29) is 0 Å². The van der Waals surface area contributed by atoms with Gasteiger partial charge in [0.05, 0.1) is 6.61 Å². The summed E-state index contributed by atoms with van der Waals surface area (Å²) < 4.78 is 5.71. The molecule has 7 rings (SSSR count). The molecule has 52 heavy (non-hydrogen) atoms. The zero-order valence-electron chi connectivity index (χ0n) is 31.5. The largest absolute Gasteiger partial charge is 0.494 e. The molecular formula is C46H61N5O. The Balaban J connectivity index is 1.05. The van der Waals surface area contributed by atoms with E-state index in [4.69, 9.17) is 4.74 Å². The van der Waals surface area contributed by atoms with Crippen LogP contribution in [0, 0.1) is 0 Å². The third-order valence-electron chi connectivity index (χ3n) is 11.9. The molecule has 0 radical (unpaired) electrons. The summed E-state index contributed by atoms with van der Waals surface area (Å²) in [5, 5.41) is 3.70. The predicted molar refractivity (Wildman–Crippen MR) is 215 cm³/mol. The Morgan fingerprint density at radius 2 is 1.33 bits per heavy atom. The van der Waals surface area contributed by atoms with Crippen molar-refractivity contribution in [3.63, 3.8) is 0 Å². The average Bonchev–Trinajstić information content (AvgIpc) is 3.63. The highest BCUT2D eigenvalue weighted by atomic mass is 16.5. The van der Waals surface area contributed by atoms with E-state index in [0.29, 0.717) is 30.8 Å². The number of benzene rings is 4. The van der Waals surface area contributed by atoms with Crippen LogP contribution in [-0.2, 0) is 25.7 Å². The molecule has 4 aromatic carbocycles. The van der Waals surface area contributed by atoms with E-state index in [9.17, 15) is 0 Å². The van der Waals surface area contributed by atoms with Crippen LogP contribution < -0.4 is 10.1 Å². The molecule has 3 saturated heterocycles. The topological polar surface area (TPSA) is 34.2 Å². The summed E-state index contributed by atoms with van der Waals surface area (Å²) >= 11 is 0. The highest BCUT2D eigenvalue weighted by Gasteiger charge is 2.35. The first-order chi connectivity index (χ1) is 25.7. The molecule has 3 fully saturated rings. The van der Waals surface area contributed by atoms with Gasteiger partial charge < -0.3 is 10.1 Å². The van der Waals surface area contributed by atoms with Gasteiger partial charge in [0.2, 0.25) is 0 Å². The summed E-state index contributed by atoms with van der Waals surface area (Å²) in [7, 11) is 0. The van der Waals surface area contributed by atoms with Crippen molar-refractivity contribution < 1.29 is 4.74 Å². The van der Waals surface area contributed by atoms with Crippen LogP contribution in [0.25, 0.3) is 0 Å². The van der Waals surface area contributed by atoms with E-state index < -0.39 is 0 Å². The standard InChI is InChI=1S/C46H61N5O/c1-2-52-46-22-20-38(21-23-46)24-27-48-29-30-51(36-44(48)32-40-15-8-4-9-16-40)45(33-41-17-10-5-11-18-41)37-49-26-12-19-42(49)35-50-28-25-47-34-43(50)31-39-13-6-3-7-14-39/h3-11,13-18,20-23,42-45,47H,2,12,19,24-37H2,1H3/t42?,43-,44-,45-/m0/s1. The number of likely N-dealkylation sites (tertiary alicyclic amines) is 1. The van der Waals surface area contributed by atoms with Crippen molar-refractivity contribution >= 4 is 0 Å². The van der Waals surface area contributed by atoms with Gasteiger partial charge in [0, 0.05) is 83.1 Å². The molecule has 0 bridgehead atoms. The summed E-state index contributed by atoms with van der Waals surface area (Å²) in [6.45, 7) is 14.1. The summed E-state index contributed by atoms with van der Waals surface area (Å²) in [4.78, 5) is 11.4. The van der Waals surface area contributed by atoms with Gasteiger partial charge in [0.1, 0.15) is 5.75 Å². The minimum Gasteiger partial charge on any atom is -0.494 e. The van der Waals surface area contributed by atoms with Gasteiger partial charge in [0.25, 0.3) is 0 Å². The van der Waals surface area contributed by atoms with Gasteiger partial charge in [0.15, 0.2) is 0 Å². The first-order valence-electron chi connectivity index (χ1n) is 20.2. The molecule has 6 heteroatoms. The first-order valence-corrected chi connectivity index (χ1v) is 20.2. The Kier molecular flexibility index (Phi) is 13.5. The highest BCUT2D eigenvalue weighted by molar-refractivity contribution is 5.27. The molecule has 1 N–H and O–H groups in total. The lowest BCUT2D eigenvalue weighted by molar-refractivity contribution is 0.0299. The molecule has 276 valence electrons. The van der Waals surface area contributed by atoms with Gasteiger partial charge in [-0.25, -0.2) is 0 Å². The van der Waals surface area contributed by atoms with Gasteiger partial charge in [-0.1, -0.05) is 103 Å². The van der Waals surface area contributed by atoms with Crippen molar-refractivity contribution in [2.45, 2.75) is 69.6 Å². The summed E-state index contributed by atoms with van der Waals surface area (Å²) in [5.74, 6) is 0.964. The van der Waals surface area contributed by atoms with Gasteiger partial charge in [-0.2, -0.15) is 0 Å². The van der Waals surface area contributed by atoms with Gasteiger partial charge in [-0.15, -0.1) is 0 Å². The Labute approximate surface area is 313 Å². The third-order valence-corrected chi connectivity index (χ3v) is 11.9. The van der Waals surface area contributed by atoms with E-state index in [1.54, 1.807) is 0 Å².